The van der Waals surface area contributed by atoms with Crippen molar-refractivity contribution in [1.29, 1.82) is 0 Å². The lowest BCUT2D eigenvalue weighted by atomic mass is 10.1. The van der Waals surface area contributed by atoms with Gasteiger partial charge < -0.3 is 19.2 Å². The molecule has 28 heavy (non-hydrogen) atoms. The van der Waals surface area contributed by atoms with Crippen molar-refractivity contribution in [1.82, 2.24) is 4.98 Å². The molecule has 6 heteroatoms. The van der Waals surface area contributed by atoms with Crippen molar-refractivity contribution in [3.63, 3.8) is 0 Å². The fourth-order valence-corrected chi connectivity index (χ4v) is 2.92. The van der Waals surface area contributed by atoms with Gasteiger partial charge in [-0.15, -0.1) is 0 Å². The summed E-state index contributed by atoms with van der Waals surface area (Å²) in [6.45, 7) is 0. The number of ether oxygens (including phenoxy) is 2. The molecule has 1 amide bonds. The van der Waals surface area contributed by atoms with E-state index in [-0.39, 0.29) is 5.91 Å². The van der Waals surface area contributed by atoms with Crippen LogP contribution in [0.3, 0.4) is 0 Å². The normalized spacial score (nSPS) is 10.6. The standard InChI is InChI=1S/C22H18N2O4/c1-26-17-9-10-18(20(13-17)27-2)21(25)24-16-7-5-14(6-8-16)19-12-15-4-3-11-23-22(15)28-19/h3-13H,1-2H3,(H,24,25). The number of methoxy groups -OCH3 is 2. The Labute approximate surface area is 161 Å². The summed E-state index contributed by atoms with van der Waals surface area (Å²) in [6.07, 6.45) is 1.70. The van der Waals surface area contributed by atoms with E-state index in [1.165, 1.54) is 7.11 Å². The molecule has 0 radical (unpaired) electrons. The highest BCUT2D eigenvalue weighted by Crippen LogP contribution is 2.28. The van der Waals surface area contributed by atoms with Gasteiger partial charge in [0.05, 0.1) is 19.8 Å². The number of rotatable bonds is 5. The number of hydrogen-bond donors (Lipinski definition) is 1. The molecule has 0 bridgehead atoms. The van der Waals surface area contributed by atoms with Gasteiger partial charge in [0.25, 0.3) is 5.91 Å². The minimum Gasteiger partial charge on any atom is -0.497 e. The third-order valence-electron chi connectivity index (χ3n) is 4.37. The van der Waals surface area contributed by atoms with Crippen molar-refractivity contribution in [2.24, 2.45) is 0 Å². The van der Waals surface area contributed by atoms with Crippen LogP contribution in [0.5, 0.6) is 11.5 Å². The summed E-state index contributed by atoms with van der Waals surface area (Å²) < 4.78 is 16.2. The Kier molecular flexibility index (Phi) is 4.68. The molecule has 140 valence electrons. The third kappa shape index (κ3) is 3.40. The topological polar surface area (TPSA) is 73.6 Å². The van der Waals surface area contributed by atoms with Crippen LogP contribution in [0.2, 0.25) is 0 Å². The van der Waals surface area contributed by atoms with Crippen molar-refractivity contribution in [2.45, 2.75) is 0 Å². The molecule has 0 fully saturated rings. The van der Waals surface area contributed by atoms with Crippen LogP contribution in [-0.4, -0.2) is 25.1 Å². The van der Waals surface area contributed by atoms with Gasteiger partial charge in [-0.2, -0.15) is 0 Å². The Morgan fingerprint density at radius 2 is 1.82 bits per heavy atom. The number of fused-ring (bicyclic) bond motifs is 1. The van der Waals surface area contributed by atoms with E-state index < -0.39 is 0 Å². The number of nitrogens with zero attached hydrogens (tertiary/aromatic N) is 1. The predicted molar refractivity (Wildman–Crippen MR) is 107 cm³/mol. The van der Waals surface area contributed by atoms with Crippen molar-refractivity contribution in [3.05, 3.63) is 72.4 Å². The van der Waals surface area contributed by atoms with Crippen molar-refractivity contribution >= 4 is 22.7 Å². The molecular formula is C22H18N2O4. The Morgan fingerprint density at radius 3 is 2.54 bits per heavy atom. The maximum atomic E-state index is 12.6. The number of carbonyl (C=O) groups is 1. The highest BCUT2D eigenvalue weighted by Gasteiger charge is 2.14. The number of nitrogens with one attached hydrogen (secondary N) is 1. The Balaban J connectivity index is 1.54. The van der Waals surface area contributed by atoms with Gasteiger partial charge in [0.2, 0.25) is 5.71 Å². The summed E-state index contributed by atoms with van der Waals surface area (Å²) in [5.74, 6) is 1.53. The smallest absolute Gasteiger partial charge is 0.259 e. The van der Waals surface area contributed by atoms with E-state index in [1.54, 1.807) is 31.5 Å². The number of hydrogen-bond acceptors (Lipinski definition) is 5. The van der Waals surface area contributed by atoms with E-state index in [2.05, 4.69) is 10.3 Å². The minimum atomic E-state index is -0.264. The molecule has 2 aromatic heterocycles. The second-order valence-electron chi connectivity index (χ2n) is 6.11. The number of furan rings is 1. The summed E-state index contributed by atoms with van der Waals surface area (Å²) in [7, 11) is 3.08. The molecule has 0 unspecified atom stereocenters. The summed E-state index contributed by atoms with van der Waals surface area (Å²) in [6, 6.07) is 18.2. The van der Waals surface area contributed by atoms with E-state index >= 15 is 0 Å². The Hall–Kier alpha value is -3.80. The Bertz CT molecular complexity index is 1100. The fourth-order valence-electron chi connectivity index (χ4n) is 2.92. The van der Waals surface area contributed by atoms with Gasteiger partial charge in [-0.3, -0.25) is 4.79 Å². The number of carbonyl (C=O) groups excluding carboxylic acids is 1. The van der Waals surface area contributed by atoms with Gasteiger partial charge in [0.1, 0.15) is 17.3 Å². The molecule has 2 aromatic carbocycles. The van der Waals surface area contributed by atoms with Gasteiger partial charge in [0, 0.05) is 28.9 Å². The summed E-state index contributed by atoms with van der Waals surface area (Å²) in [5, 5.41) is 3.82. The molecular weight excluding hydrogens is 356 g/mol. The van der Waals surface area contributed by atoms with Gasteiger partial charge >= 0.3 is 0 Å². The zero-order valence-electron chi connectivity index (χ0n) is 15.4. The van der Waals surface area contributed by atoms with Crippen LogP contribution < -0.4 is 14.8 Å². The van der Waals surface area contributed by atoms with Crippen LogP contribution in [-0.2, 0) is 0 Å². The van der Waals surface area contributed by atoms with Gasteiger partial charge in [0.15, 0.2) is 0 Å². The number of amides is 1. The lowest BCUT2D eigenvalue weighted by Crippen LogP contribution is -2.13. The third-order valence-corrected chi connectivity index (χ3v) is 4.37. The molecule has 4 aromatic rings. The second kappa shape index (κ2) is 7.44. The van der Waals surface area contributed by atoms with Crippen LogP contribution in [0, 0.1) is 0 Å². The van der Waals surface area contributed by atoms with E-state index in [0.29, 0.717) is 28.5 Å². The number of anilines is 1. The van der Waals surface area contributed by atoms with Crippen LogP contribution in [0.1, 0.15) is 10.4 Å². The van der Waals surface area contributed by atoms with Gasteiger partial charge in [-0.25, -0.2) is 4.98 Å². The van der Waals surface area contributed by atoms with Crippen molar-refractivity contribution in [3.8, 4) is 22.8 Å². The summed E-state index contributed by atoms with van der Waals surface area (Å²) in [4.78, 5) is 16.8. The van der Waals surface area contributed by atoms with E-state index in [0.717, 1.165) is 16.7 Å². The molecule has 0 aliphatic heterocycles. The summed E-state index contributed by atoms with van der Waals surface area (Å²) in [5.41, 5.74) is 2.59. The average Bonchev–Trinajstić information content (AvgIpc) is 3.18. The fraction of sp³-hybridized carbons (Fsp3) is 0.0909. The largest absolute Gasteiger partial charge is 0.497 e. The molecule has 0 atom stereocenters. The van der Waals surface area contributed by atoms with Crippen LogP contribution in [0.4, 0.5) is 5.69 Å². The molecule has 0 saturated carbocycles. The summed E-state index contributed by atoms with van der Waals surface area (Å²) >= 11 is 0. The lowest BCUT2D eigenvalue weighted by Gasteiger charge is -2.11. The van der Waals surface area contributed by atoms with Crippen LogP contribution >= 0.6 is 0 Å². The van der Waals surface area contributed by atoms with E-state index in [4.69, 9.17) is 13.9 Å². The quantitative estimate of drug-likeness (QED) is 0.545. The molecule has 1 N–H and O–H groups in total. The zero-order chi connectivity index (χ0) is 19.5. The maximum Gasteiger partial charge on any atom is 0.259 e. The Morgan fingerprint density at radius 1 is 1.00 bits per heavy atom. The lowest BCUT2D eigenvalue weighted by molar-refractivity contribution is 0.102. The molecule has 0 spiro atoms. The van der Waals surface area contributed by atoms with Crippen molar-refractivity contribution < 1.29 is 18.7 Å². The molecule has 0 aliphatic rings. The molecule has 0 saturated heterocycles. The molecule has 6 nitrogen and oxygen atoms in total. The number of pyridine rings is 1. The van der Waals surface area contributed by atoms with Crippen LogP contribution in [0.25, 0.3) is 22.4 Å². The highest BCUT2D eigenvalue weighted by molar-refractivity contribution is 6.06. The first-order valence-corrected chi connectivity index (χ1v) is 8.66. The van der Waals surface area contributed by atoms with Crippen LogP contribution in [0.15, 0.2) is 71.3 Å². The predicted octanol–water partition coefficient (Wildman–Crippen LogP) is 4.76. The molecule has 2 heterocycles. The maximum absolute atomic E-state index is 12.6. The molecule has 4 rings (SSSR count). The minimum absolute atomic E-state index is 0.264. The van der Waals surface area contributed by atoms with Gasteiger partial charge in [-0.1, -0.05) is 0 Å². The average molecular weight is 374 g/mol. The second-order valence-corrected chi connectivity index (χ2v) is 6.11. The first-order chi connectivity index (χ1) is 13.7. The van der Waals surface area contributed by atoms with Crippen molar-refractivity contribution in [2.75, 3.05) is 19.5 Å². The van der Waals surface area contributed by atoms with Gasteiger partial charge in [-0.05, 0) is 54.6 Å². The monoisotopic (exact) mass is 374 g/mol. The number of benzene rings is 2. The zero-order valence-corrected chi connectivity index (χ0v) is 15.4. The number of aromatic nitrogens is 1. The first-order valence-electron chi connectivity index (χ1n) is 8.66. The first kappa shape index (κ1) is 17.6. The highest BCUT2D eigenvalue weighted by atomic mass is 16.5. The SMILES string of the molecule is COc1ccc(C(=O)Nc2ccc(-c3cc4cccnc4o3)cc2)c(OC)c1. The van der Waals surface area contributed by atoms with E-state index in [1.807, 2.05) is 42.5 Å². The van der Waals surface area contributed by atoms with E-state index in [9.17, 15) is 4.79 Å². The molecule has 0 aliphatic carbocycles.